The standard InChI is InChI=1S/C16H25N3/c1-3-18-8-9-19(12-13(18)2)15-10-14-6-4-5-7-16(14)17-11-15/h4-7,13,15,17H,3,8-12H2,1-2H3. The van der Waals surface area contributed by atoms with Gasteiger partial charge in [-0.15, -0.1) is 0 Å². The Hall–Kier alpha value is -1.06. The van der Waals surface area contributed by atoms with Crippen LogP contribution in [0.1, 0.15) is 19.4 Å². The molecule has 104 valence electrons. The smallest absolute Gasteiger partial charge is 0.0373 e. The zero-order valence-electron chi connectivity index (χ0n) is 12.1. The van der Waals surface area contributed by atoms with Crippen molar-refractivity contribution in [3.63, 3.8) is 0 Å². The van der Waals surface area contributed by atoms with E-state index in [2.05, 4.69) is 53.2 Å². The van der Waals surface area contributed by atoms with E-state index in [1.54, 1.807) is 0 Å². The van der Waals surface area contributed by atoms with Crippen molar-refractivity contribution in [2.24, 2.45) is 0 Å². The lowest BCUT2D eigenvalue weighted by atomic mass is 9.97. The maximum Gasteiger partial charge on any atom is 0.0373 e. The van der Waals surface area contributed by atoms with Crippen molar-refractivity contribution in [1.82, 2.24) is 9.80 Å². The SMILES string of the molecule is CCN1CCN(C2CNc3ccccc3C2)CC1C. The van der Waals surface area contributed by atoms with E-state index in [0.29, 0.717) is 12.1 Å². The van der Waals surface area contributed by atoms with Crippen LogP contribution >= 0.6 is 0 Å². The van der Waals surface area contributed by atoms with E-state index >= 15 is 0 Å². The van der Waals surface area contributed by atoms with Crippen LogP contribution < -0.4 is 5.32 Å². The van der Waals surface area contributed by atoms with Gasteiger partial charge in [0.05, 0.1) is 0 Å². The Labute approximate surface area is 116 Å². The molecule has 2 unspecified atom stereocenters. The van der Waals surface area contributed by atoms with Gasteiger partial charge in [-0.1, -0.05) is 25.1 Å². The van der Waals surface area contributed by atoms with Gasteiger partial charge in [0.15, 0.2) is 0 Å². The van der Waals surface area contributed by atoms with Gasteiger partial charge in [0.1, 0.15) is 0 Å². The van der Waals surface area contributed by atoms with Crippen LogP contribution in [0.4, 0.5) is 5.69 Å². The third-order valence-electron chi connectivity index (χ3n) is 4.72. The largest absolute Gasteiger partial charge is 0.383 e. The highest BCUT2D eigenvalue weighted by Crippen LogP contribution is 2.24. The molecule has 3 nitrogen and oxygen atoms in total. The number of rotatable bonds is 2. The lowest BCUT2D eigenvalue weighted by molar-refractivity contribution is 0.0613. The molecule has 1 saturated heterocycles. The summed E-state index contributed by atoms with van der Waals surface area (Å²) >= 11 is 0. The Morgan fingerprint density at radius 3 is 2.89 bits per heavy atom. The van der Waals surface area contributed by atoms with E-state index in [-0.39, 0.29) is 0 Å². The normalized spacial score (nSPS) is 28.7. The molecule has 0 bridgehead atoms. The molecule has 1 N–H and O–H groups in total. The van der Waals surface area contributed by atoms with E-state index in [9.17, 15) is 0 Å². The number of likely N-dealkylation sites (N-methyl/N-ethyl adjacent to an activating group) is 1. The number of nitrogens with one attached hydrogen (secondary N) is 1. The molecule has 1 aromatic carbocycles. The van der Waals surface area contributed by atoms with Crippen molar-refractivity contribution in [3.05, 3.63) is 29.8 Å². The third kappa shape index (κ3) is 2.63. The molecule has 0 saturated carbocycles. The Morgan fingerprint density at radius 2 is 2.11 bits per heavy atom. The Balaban J connectivity index is 1.66. The van der Waals surface area contributed by atoms with Gasteiger partial charge < -0.3 is 5.32 Å². The first-order chi connectivity index (χ1) is 9.28. The topological polar surface area (TPSA) is 18.5 Å². The molecule has 0 spiro atoms. The molecule has 0 radical (unpaired) electrons. The van der Waals surface area contributed by atoms with Gasteiger partial charge >= 0.3 is 0 Å². The number of piperazine rings is 1. The van der Waals surface area contributed by atoms with E-state index in [1.165, 1.54) is 43.9 Å². The van der Waals surface area contributed by atoms with Crippen LogP contribution in [0, 0.1) is 0 Å². The molecule has 2 atom stereocenters. The van der Waals surface area contributed by atoms with Gasteiger partial charge in [0, 0.05) is 44.0 Å². The van der Waals surface area contributed by atoms with Crippen LogP contribution in [0.15, 0.2) is 24.3 Å². The summed E-state index contributed by atoms with van der Waals surface area (Å²) in [5.41, 5.74) is 2.81. The number of benzene rings is 1. The highest BCUT2D eigenvalue weighted by molar-refractivity contribution is 5.53. The van der Waals surface area contributed by atoms with Gasteiger partial charge in [-0.2, -0.15) is 0 Å². The van der Waals surface area contributed by atoms with E-state index < -0.39 is 0 Å². The number of anilines is 1. The van der Waals surface area contributed by atoms with Crippen molar-refractivity contribution in [2.75, 3.05) is 38.0 Å². The van der Waals surface area contributed by atoms with Crippen molar-refractivity contribution in [1.29, 1.82) is 0 Å². The fraction of sp³-hybridized carbons (Fsp3) is 0.625. The fourth-order valence-electron chi connectivity index (χ4n) is 3.51. The maximum absolute atomic E-state index is 3.59. The predicted molar refractivity (Wildman–Crippen MR) is 80.7 cm³/mol. The minimum absolute atomic E-state index is 0.663. The summed E-state index contributed by atoms with van der Waals surface area (Å²) in [6.07, 6.45) is 1.20. The second-order valence-electron chi connectivity index (χ2n) is 5.87. The molecule has 0 aromatic heterocycles. The monoisotopic (exact) mass is 259 g/mol. The summed E-state index contributed by atoms with van der Waals surface area (Å²) in [5, 5.41) is 3.59. The molecule has 0 amide bonds. The molecular weight excluding hydrogens is 234 g/mol. The molecule has 2 heterocycles. The van der Waals surface area contributed by atoms with Gasteiger partial charge in [-0.25, -0.2) is 0 Å². The number of hydrogen-bond acceptors (Lipinski definition) is 3. The summed E-state index contributed by atoms with van der Waals surface area (Å²) in [4.78, 5) is 5.26. The van der Waals surface area contributed by atoms with Crippen LogP contribution in [-0.2, 0) is 6.42 Å². The van der Waals surface area contributed by atoms with Crippen LogP contribution in [0.25, 0.3) is 0 Å². The summed E-state index contributed by atoms with van der Waals surface area (Å²) in [6, 6.07) is 10.1. The highest BCUT2D eigenvalue weighted by atomic mass is 15.3. The molecular formula is C16H25N3. The molecule has 19 heavy (non-hydrogen) atoms. The Kier molecular flexibility index (Phi) is 3.76. The van der Waals surface area contributed by atoms with Gasteiger partial charge in [0.2, 0.25) is 0 Å². The van der Waals surface area contributed by atoms with Crippen molar-refractivity contribution >= 4 is 5.69 Å². The van der Waals surface area contributed by atoms with Crippen LogP contribution in [0.5, 0.6) is 0 Å². The van der Waals surface area contributed by atoms with Gasteiger partial charge in [0.25, 0.3) is 0 Å². The van der Waals surface area contributed by atoms with Gasteiger partial charge in [-0.3, -0.25) is 9.80 Å². The summed E-state index contributed by atoms with van der Waals surface area (Å²) in [6.45, 7) is 10.5. The second-order valence-corrected chi connectivity index (χ2v) is 5.87. The minimum atomic E-state index is 0.663. The van der Waals surface area contributed by atoms with Crippen molar-refractivity contribution in [2.45, 2.75) is 32.4 Å². The van der Waals surface area contributed by atoms with Crippen molar-refractivity contribution in [3.8, 4) is 0 Å². The first-order valence-electron chi connectivity index (χ1n) is 7.57. The first kappa shape index (κ1) is 12.9. The quantitative estimate of drug-likeness (QED) is 0.877. The number of nitrogens with zero attached hydrogens (tertiary/aromatic N) is 2. The van der Waals surface area contributed by atoms with Crippen molar-refractivity contribution < 1.29 is 0 Å². The van der Waals surface area contributed by atoms with Crippen LogP contribution in [0.3, 0.4) is 0 Å². The predicted octanol–water partition coefficient (Wildman–Crippen LogP) is 2.05. The molecule has 2 aliphatic rings. The molecule has 3 rings (SSSR count). The summed E-state index contributed by atoms with van der Waals surface area (Å²) in [5.74, 6) is 0. The van der Waals surface area contributed by atoms with E-state index in [4.69, 9.17) is 0 Å². The average Bonchev–Trinajstić information content (AvgIpc) is 2.46. The Morgan fingerprint density at radius 1 is 1.26 bits per heavy atom. The molecule has 3 heteroatoms. The minimum Gasteiger partial charge on any atom is -0.383 e. The first-order valence-corrected chi connectivity index (χ1v) is 7.57. The third-order valence-corrected chi connectivity index (χ3v) is 4.72. The zero-order valence-corrected chi connectivity index (χ0v) is 12.1. The number of fused-ring (bicyclic) bond motifs is 1. The lowest BCUT2D eigenvalue weighted by Crippen LogP contribution is -2.57. The second kappa shape index (κ2) is 5.51. The Bertz CT molecular complexity index is 432. The number of hydrogen-bond donors (Lipinski definition) is 1. The van der Waals surface area contributed by atoms with Crippen LogP contribution in [0.2, 0.25) is 0 Å². The molecule has 0 aliphatic carbocycles. The number of para-hydroxylation sites is 1. The summed E-state index contributed by atoms with van der Waals surface area (Å²) < 4.78 is 0. The maximum atomic E-state index is 3.59. The lowest BCUT2D eigenvalue weighted by Gasteiger charge is -2.44. The highest BCUT2D eigenvalue weighted by Gasteiger charge is 2.29. The molecule has 2 aliphatic heterocycles. The zero-order chi connectivity index (χ0) is 13.2. The van der Waals surface area contributed by atoms with E-state index in [0.717, 1.165) is 6.54 Å². The average molecular weight is 259 g/mol. The van der Waals surface area contributed by atoms with Crippen LogP contribution in [-0.4, -0.2) is 54.6 Å². The van der Waals surface area contributed by atoms with E-state index in [1.807, 2.05) is 0 Å². The summed E-state index contributed by atoms with van der Waals surface area (Å²) in [7, 11) is 0. The molecule has 1 fully saturated rings. The van der Waals surface area contributed by atoms with Gasteiger partial charge in [-0.05, 0) is 31.5 Å². The fourth-order valence-corrected chi connectivity index (χ4v) is 3.51. The molecule has 1 aromatic rings.